The summed E-state index contributed by atoms with van der Waals surface area (Å²) in [6.45, 7) is 5.60. The van der Waals surface area contributed by atoms with Crippen molar-refractivity contribution in [3.8, 4) is 0 Å². The quantitative estimate of drug-likeness (QED) is 0.632. The van der Waals surface area contributed by atoms with Crippen LogP contribution in [0.5, 0.6) is 0 Å². The minimum atomic E-state index is 0.801. The monoisotopic (exact) mass is 145 g/mol. The van der Waals surface area contributed by atoms with Gasteiger partial charge in [-0.25, -0.2) is 0 Å². The summed E-state index contributed by atoms with van der Waals surface area (Å²) >= 11 is 2.08. The Morgan fingerprint density at radius 1 is 1.67 bits per heavy atom. The van der Waals surface area contributed by atoms with Crippen molar-refractivity contribution in [2.75, 3.05) is 12.3 Å². The van der Waals surface area contributed by atoms with Crippen LogP contribution in [0.1, 0.15) is 20.3 Å². The van der Waals surface area contributed by atoms with Crippen molar-refractivity contribution in [1.82, 2.24) is 5.32 Å². The first-order valence-electron chi connectivity index (χ1n) is 3.68. The van der Waals surface area contributed by atoms with Crippen molar-refractivity contribution >= 4 is 11.8 Å². The van der Waals surface area contributed by atoms with Crippen molar-refractivity contribution < 1.29 is 0 Å². The van der Waals surface area contributed by atoms with Crippen molar-refractivity contribution in [3.05, 3.63) is 0 Å². The third-order valence-corrected chi connectivity index (χ3v) is 3.05. The number of hydrogen-bond donors (Lipinski definition) is 1. The molecular formula is C7H15NS. The van der Waals surface area contributed by atoms with Gasteiger partial charge in [0.25, 0.3) is 0 Å². The first-order valence-corrected chi connectivity index (χ1v) is 4.72. The maximum absolute atomic E-state index is 3.45. The predicted octanol–water partition coefficient (Wildman–Crippen LogP) is 1.49. The largest absolute Gasteiger partial charge is 0.313 e. The molecule has 0 aromatic carbocycles. The first-order chi connectivity index (χ1) is 4.33. The summed E-state index contributed by atoms with van der Waals surface area (Å²) in [6.07, 6.45) is 1.36. The van der Waals surface area contributed by atoms with Gasteiger partial charge in [-0.3, -0.25) is 0 Å². The second kappa shape index (κ2) is 3.47. The molecule has 0 amide bonds. The zero-order valence-corrected chi connectivity index (χ0v) is 7.00. The molecule has 1 nitrogen and oxygen atoms in total. The van der Waals surface area contributed by atoms with Crippen LogP contribution in [-0.4, -0.2) is 23.6 Å². The molecule has 2 heteroatoms. The third-order valence-electron chi connectivity index (χ3n) is 1.69. The molecule has 1 saturated heterocycles. The van der Waals surface area contributed by atoms with Gasteiger partial charge >= 0.3 is 0 Å². The van der Waals surface area contributed by atoms with Crippen molar-refractivity contribution in [2.24, 2.45) is 0 Å². The molecule has 1 N–H and O–H groups in total. The Kier molecular flexibility index (Phi) is 2.86. The molecule has 0 radical (unpaired) electrons. The molecule has 0 aliphatic carbocycles. The highest BCUT2D eigenvalue weighted by Crippen LogP contribution is 2.25. The van der Waals surface area contributed by atoms with Crippen LogP contribution in [0.2, 0.25) is 0 Å². The van der Waals surface area contributed by atoms with Crippen molar-refractivity contribution in [1.29, 1.82) is 0 Å². The molecular weight excluding hydrogens is 130 g/mol. The molecule has 0 aromatic heterocycles. The first kappa shape index (κ1) is 7.42. The fourth-order valence-electron chi connectivity index (χ4n) is 1.25. The van der Waals surface area contributed by atoms with Crippen LogP contribution >= 0.6 is 11.8 Å². The molecule has 9 heavy (non-hydrogen) atoms. The lowest BCUT2D eigenvalue weighted by atomic mass is 10.2. The lowest BCUT2D eigenvalue weighted by Gasteiger charge is -2.07. The predicted molar refractivity (Wildman–Crippen MR) is 44.0 cm³/mol. The summed E-state index contributed by atoms with van der Waals surface area (Å²) in [5, 5.41) is 4.34. The van der Waals surface area contributed by atoms with Gasteiger partial charge in [-0.15, -0.1) is 0 Å². The Bertz CT molecular complexity index is 83.0. The summed E-state index contributed by atoms with van der Waals surface area (Å²) in [6, 6.07) is 0.801. The van der Waals surface area contributed by atoms with Gasteiger partial charge in [-0.2, -0.15) is 11.8 Å². The summed E-state index contributed by atoms with van der Waals surface area (Å²) in [7, 11) is 0. The van der Waals surface area contributed by atoms with Crippen molar-refractivity contribution in [2.45, 2.75) is 31.6 Å². The second-order valence-corrected chi connectivity index (χ2v) is 4.11. The molecule has 1 rings (SSSR count). The van der Waals surface area contributed by atoms with Crippen LogP contribution in [0.15, 0.2) is 0 Å². The molecule has 1 aliphatic rings. The number of hydrogen-bond acceptors (Lipinski definition) is 2. The van der Waals surface area contributed by atoms with Gasteiger partial charge in [-0.1, -0.05) is 13.8 Å². The summed E-state index contributed by atoms with van der Waals surface area (Å²) in [4.78, 5) is 0. The van der Waals surface area contributed by atoms with E-state index in [0.717, 1.165) is 17.8 Å². The van der Waals surface area contributed by atoms with Gasteiger partial charge in [0.2, 0.25) is 0 Å². The maximum Gasteiger partial charge on any atom is 0.0168 e. The SMILES string of the molecule is CCNC1CS[C@H](C)C1. The van der Waals surface area contributed by atoms with Gasteiger partial charge in [-0.05, 0) is 13.0 Å². The van der Waals surface area contributed by atoms with Crippen LogP contribution in [0.25, 0.3) is 0 Å². The smallest absolute Gasteiger partial charge is 0.0168 e. The minimum absolute atomic E-state index is 0.801. The topological polar surface area (TPSA) is 12.0 Å². The highest BCUT2D eigenvalue weighted by Gasteiger charge is 2.19. The minimum Gasteiger partial charge on any atom is -0.313 e. The Morgan fingerprint density at radius 2 is 2.44 bits per heavy atom. The van der Waals surface area contributed by atoms with Crippen LogP contribution < -0.4 is 5.32 Å². The van der Waals surface area contributed by atoms with Crippen LogP contribution in [0, 0.1) is 0 Å². The van der Waals surface area contributed by atoms with Gasteiger partial charge < -0.3 is 5.32 Å². The van der Waals surface area contributed by atoms with Crippen LogP contribution in [-0.2, 0) is 0 Å². The zero-order valence-electron chi connectivity index (χ0n) is 6.18. The molecule has 0 bridgehead atoms. The van der Waals surface area contributed by atoms with Gasteiger partial charge in [0.05, 0.1) is 0 Å². The normalized spacial score (nSPS) is 35.3. The average molecular weight is 145 g/mol. The lowest BCUT2D eigenvalue weighted by molar-refractivity contribution is 0.557. The van der Waals surface area contributed by atoms with Crippen molar-refractivity contribution in [3.63, 3.8) is 0 Å². The highest BCUT2D eigenvalue weighted by atomic mass is 32.2. The molecule has 1 fully saturated rings. The van der Waals surface area contributed by atoms with E-state index in [9.17, 15) is 0 Å². The van der Waals surface area contributed by atoms with E-state index in [-0.39, 0.29) is 0 Å². The van der Waals surface area contributed by atoms with Gasteiger partial charge in [0.15, 0.2) is 0 Å². The molecule has 54 valence electrons. The molecule has 1 unspecified atom stereocenters. The van der Waals surface area contributed by atoms with Gasteiger partial charge in [0, 0.05) is 17.0 Å². The van der Waals surface area contributed by atoms with E-state index in [1.54, 1.807) is 0 Å². The Hall–Kier alpha value is 0.310. The zero-order chi connectivity index (χ0) is 6.69. The standard InChI is InChI=1S/C7H15NS/c1-3-8-7-4-6(2)9-5-7/h6-8H,3-5H2,1-2H3/t6-,7?/m1/s1. The Morgan fingerprint density at radius 3 is 2.89 bits per heavy atom. The van der Waals surface area contributed by atoms with Gasteiger partial charge in [0.1, 0.15) is 0 Å². The van der Waals surface area contributed by atoms with Crippen LogP contribution in [0.3, 0.4) is 0 Å². The molecule has 1 aliphatic heterocycles. The van der Waals surface area contributed by atoms with E-state index in [4.69, 9.17) is 0 Å². The van der Waals surface area contributed by atoms with E-state index in [0.29, 0.717) is 0 Å². The Labute approximate surface area is 61.6 Å². The maximum atomic E-state index is 3.45. The molecule has 0 aromatic rings. The van der Waals surface area contributed by atoms with Crippen LogP contribution in [0.4, 0.5) is 0 Å². The summed E-state index contributed by atoms with van der Waals surface area (Å²) in [5.41, 5.74) is 0. The Balaban J connectivity index is 2.14. The van der Waals surface area contributed by atoms with E-state index >= 15 is 0 Å². The fourth-order valence-corrected chi connectivity index (χ4v) is 2.43. The number of rotatable bonds is 2. The lowest BCUT2D eigenvalue weighted by Crippen LogP contribution is -2.28. The second-order valence-electron chi connectivity index (χ2n) is 2.63. The molecule has 1 heterocycles. The molecule has 0 saturated carbocycles. The highest BCUT2D eigenvalue weighted by molar-refractivity contribution is 8.00. The van der Waals surface area contributed by atoms with E-state index in [1.807, 2.05) is 0 Å². The van der Waals surface area contributed by atoms with E-state index in [1.165, 1.54) is 12.2 Å². The average Bonchev–Trinajstić information content (AvgIpc) is 2.17. The van der Waals surface area contributed by atoms with E-state index in [2.05, 4.69) is 30.9 Å². The fraction of sp³-hybridized carbons (Fsp3) is 1.00. The summed E-state index contributed by atoms with van der Waals surface area (Å²) < 4.78 is 0. The number of nitrogens with one attached hydrogen (secondary N) is 1. The molecule has 2 atom stereocenters. The summed E-state index contributed by atoms with van der Waals surface area (Å²) in [5.74, 6) is 1.31. The third kappa shape index (κ3) is 2.18. The molecule has 0 spiro atoms. The van der Waals surface area contributed by atoms with E-state index < -0.39 is 0 Å². The number of thioether (sulfide) groups is 1.